The molecule has 0 amide bonds. The van der Waals surface area contributed by atoms with Gasteiger partial charge in [0.1, 0.15) is 5.76 Å². The van der Waals surface area contributed by atoms with Crippen LogP contribution in [0.5, 0.6) is 0 Å². The van der Waals surface area contributed by atoms with Crippen molar-refractivity contribution in [2.75, 3.05) is 0 Å². The van der Waals surface area contributed by atoms with Crippen molar-refractivity contribution >= 4 is 12.6 Å². The van der Waals surface area contributed by atoms with Gasteiger partial charge in [-0.15, -0.1) is 12.6 Å². The van der Waals surface area contributed by atoms with E-state index in [4.69, 9.17) is 5.11 Å². The maximum atomic E-state index is 8.89. The van der Waals surface area contributed by atoms with Crippen LogP contribution in [0, 0.1) is 0 Å². The van der Waals surface area contributed by atoms with Gasteiger partial charge in [0, 0.05) is 4.91 Å². The molecule has 0 spiro atoms. The highest BCUT2D eigenvalue weighted by atomic mass is 32.1. The molecule has 0 radical (unpaired) electrons. The Kier molecular flexibility index (Phi) is 1.63. The third-order valence-corrected chi connectivity index (χ3v) is 1.57. The number of aliphatic hydroxyl groups excluding tert-OH is 1. The highest BCUT2D eigenvalue weighted by molar-refractivity contribution is 7.84. The summed E-state index contributed by atoms with van der Waals surface area (Å²) < 4.78 is 0. The summed E-state index contributed by atoms with van der Waals surface area (Å²) in [5.41, 5.74) is 0. The van der Waals surface area contributed by atoms with Gasteiger partial charge in [0.25, 0.3) is 0 Å². The van der Waals surface area contributed by atoms with Gasteiger partial charge in [-0.1, -0.05) is 6.08 Å². The summed E-state index contributed by atoms with van der Waals surface area (Å²) in [6, 6.07) is 0. The molecule has 0 atom stereocenters. The quantitative estimate of drug-likeness (QED) is 0.478. The van der Waals surface area contributed by atoms with E-state index in [9.17, 15) is 0 Å². The minimum atomic E-state index is 0.319. The molecule has 44 valence electrons. The minimum absolute atomic E-state index is 0.319. The lowest BCUT2D eigenvalue weighted by Gasteiger charge is -2.03. The van der Waals surface area contributed by atoms with E-state index < -0.39 is 0 Å². The summed E-state index contributed by atoms with van der Waals surface area (Å²) in [5, 5.41) is 8.89. The van der Waals surface area contributed by atoms with E-state index in [2.05, 4.69) is 12.6 Å². The number of allylic oxidation sites excluding steroid dienone is 3. The SMILES string of the molecule is OC1=C(S)CCC=C1. The van der Waals surface area contributed by atoms with Crippen molar-refractivity contribution in [3.8, 4) is 0 Å². The van der Waals surface area contributed by atoms with E-state index in [1.807, 2.05) is 6.08 Å². The molecule has 0 saturated carbocycles. The van der Waals surface area contributed by atoms with Gasteiger partial charge in [0.15, 0.2) is 0 Å². The van der Waals surface area contributed by atoms with Crippen LogP contribution in [0.3, 0.4) is 0 Å². The fourth-order valence-corrected chi connectivity index (χ4v) is 0.843. The average Bonchev–Trinajstić information content (AvgIpc) is 1.77. The fourth-order valence-electron chi connectivity index (χ4n) is 0.639. The lowest BCUT2D eigenvalue weighted by Crippen LogP contribution is -1.86. The van der Waals surface area contributed by atoms with Crippen molar-refractivity contribution in [2.45, 2.75) is 12.8 Å². The van der Waals surface area contributed by atoms with Crippen LogP contribution in [0.25, 0.3) is 0 Å². The zero-order chi connectivity index (χ0) is 5.98. The fraction of sp³-hybridized carbons (Fsp3) is 0.333. The first-order valence-electron chi connectivity index (χ1n) is 2.58. The first kappa shape index (κ1) is 5.76. The van der Waals surface area contributed by atoms with Gasteiger partial charge in [-0.2, -0.15) is 0 Å². The summed E-state index contributed by atoms with van der Waals surface area (Å²) in [7, 11) is 0. The molecule has 1 aliphatic carbocycles. The molecule has 1 aliphatic rings. The summed E-state index contributed by atoms with van der Waals surface area (Å²) in [5.74, 6) is 0.319. The van der Waals surface area contributed by atoms with Crippen molar-refractivity contribution in [1.29, 1.82) is 0 Å². The molecule has 2 heteroatoms. The minimum Gasteiger partial charge on any atom is -0.507 e. The van der Waals surface area contributed by atoms with Crippen molar-refractivity contribution in [3.05, 3.63) is 22.8 Å². The monoisotopic (exact) mass is 128 g/mol. The predicted octanol–water partition coefficient (Wildman–Crippen LogP) is 2.04. The number of hydrogen-bond donors (Lipinski definition) is 2. The number of rotatable bonds is 0. The van der Waals surface area contributed by atoms with Crippen LogP contribution in [0.15, 0.2) is 22.8 Å². The molecule has 1 N–H and O–H groups in total. The van der Waals surface area contributed by atoms with Crippen molar-refractivity contribution in [2.24, 2.45) is 0 Å². The molecule has 0 aliphatic heterocycles. The van der Waals surface area contributed by atoms with Crippen molar-refractivity contribution in [3.63, 3.8) is 0 Å². The summed E-state index contributed by atoms with van der Waals surface area (Å²) in [6.45, 7) is 0. The second-order valence-electron chi connectivity index (χ2n) is 1.77. The van der Waals surface area contributed by atoms with Gasteiger partial charge < -0.3 is 5.11 Å². The zero-order valence-electron chi connectivity index (χ0n) is 4.46. The van der Waals surface area contributed by atoms with Crippen LogP contribution in [-0.4, -0.2) is 5.11 Å². The van der Waals surface area contributed by atoms with Crippen LogP contribution in [-0.2, 0) is 0 Å². The third-order valence-electron chi connectivity index (χ3n) is 1.12. The highest BCUT2D eigenvalue weighted by Crippen LogP contribution is 2.18. The first-order chi connectivity index (χ1) is 3.80. The Labute approximate surface area is 54.1 Å². The van der Waals surface area contributed by atoms with Gasteiger partial charge in [-0.25, -0.2) is 0 Å². The molecular formula is C6H8OS. The molecular weight excluding hydrogens is 120 g/mol. The topological polar surface area (TPSA) is 20.2 Å². The van der Waals surface area contributed by atoms with E-state index in [1.165, 1.54) is 0 Å². The molecule has 0 bridgehead atoms. The Hall–Kier alpha value is -0.370. The molecule has 8 heavy (non-hydrogen) atoms. The molecule has 1 nitrogen and oxygen atoms in total. The molecule has 0 fully saturated rings. The number of aliphatic hydroxyl groups is 1. The standard InChI is InChI=1S/C6H8OS/c7-5-3-1-2-4-6(5)8/h1,3,7-8H,2,4H2. The predicted molar refractivity (Wildman–Crippen MR) is 37.0 cm³/mol. The van der Waals surface area contributed by atoms with E-state index in [0.717, 1.165) is 17.7 Å². The number of thiol groups is 1. The van der Waals surface area contributed by atoms with E-state index in [1.54, 1.807) is 6.08 Å². The van der Waals surface area contributed by atoms with Crippen LogP contribution in [0.1, 0.15) is 12.8 Å². The van der Waals surface area contributed by atoms with Crippen molar-refractivity contribution < 1.29 is 5.11 Å². The lowest BCUT2D eigenvalue weighted by atomic mass is 10.2. The molecule has 0 saturated heterocycles. The van der Waals surface area contributed by atoms with Crippen LogP contribution < -0.4 is 0 Å². The maximum absolute atomic E-state index is 8.89. The molecule has 0 aromatic heterocycles. The lowest BCUT2D eigenvalue weighted by molar-refractivity contribution is 0.425. The van der Waals surface area contributed by atoms with Crippen LogP contribution in [0.2, 0.25) is 0 Å². The Morgan fingerprint density at radius 3 is 2.75 bits per heavy atom. The molecule has 0 aromatic rings. The molecule has 1 rings (SSSR count). The van der Waals surface area contributed by atoms with E-state index in [-0.39, 0.29) is 0 Å². The zero-order valence-corrected chi connectivity index (χ0v) is 5.36. The van der Waals surface area contributed by atoms with Crippen LogP contribution >= 0.6 is 12.6 Å². The molecule has 0 aromatic carbocycles. The Morgan fingerprint density at radius 1 is 1.62 bits per heavy atom. The first-order valence-corrected chi connectivity index (χ1v) is 3.03. The largest absolute Gasteiger partial charge is 0.507 e. The third kappa shape index (κ3) is 1.07. The summed E-state index contributed by atoms with van der Waals surface area (Å²) in [6.07, 6.45) is 5.51. The summed E-state index contributed by atoms with van der Waals surface area (Å²) >= 11 is 4.03. The summed E-state index contributed by atoms with van der Waals surface area (Å²) in [4.78, 5) is 0.799. The molecule has 0 unspecified atom stereocenters. The molecule has 0 heterocycles. The second-order valence-corrected chi connectivity index (χ2v) is 2.31. The van der Waals surface area contributed by atoms with Crippen LogP contribution in [0.4, 0.5) is 0 Å². The van der Waals surface area contributed by atoms with Gasteiger partial charge in [-0.3, -0.25) is 0 Å². The number of hydrogen-bond acceptors (Lipinski definition) is 2. The van der Waals surface area contributed by atoms with E-state index in [0.29, 0.717) is 5.76 Å². The van der Waals surface area contributed by atoms with Gasteiger partial charge in [-0.05, 0) is 18.9 Å². The van der Waals surface area contributed by atoms with Gasteiger partial charge in [0.05, 0.1) is 0 Å². The maximum Gasteiger partial charge on any atom is 0.124 e. The van der Waals surface area contributed by atoms with Gasteiger partial charge >= 0.3 is 0 Å². The smallest absolute Gasteiger partial charge is 0.124 e. The van der Waals surface area contributed by atoms with Crippen molar-refractivity contribution in [1.82, 2.24) is 0 Å². The Bertz CT molecular complexity index is 147. The Balaban J connectivity index is 2.76. The normalized spacial score (nSPS) is 19.6. The van der Waals surface area contributed by atoms with Gasteiger partial charge in [0.2, 0.25) is 0 Å². The van der Waals surface area contributed by atoms with E-state index >= 15 is 0 Å². The second kappa shape index (κ2) is 2.27. The average molecular weight is 128 g/mol. The highest BCUT2D eigenvalue weighted by Gasteiger charge is 2.00. The Morgan fingerprint density at radius 2 is 2.38 bits per heavy atom.